The van der Waals surface area contributed by atoms with Crippen LogP contribution >= 0.6 is 0 Å². The lowest BCUT2D eigenvalue weighted by Gasteiger charge is -2.03. The summed E-state index contributed by atoms with van der Waals surface area (Å²) in [6.07, 6.45) is 1.58. The lowest BCUT2D eigenvalue weighted by atomic mass is 10.0. The fourth-order valence-electron chi connectivity index (χ4n) is 1.73. The summed E-state index contributed by atoms with van der Waals surface area (Å²) in [5.41, 5.74) is 2.53. The van der Waals surface area contributed by atoms with Crippen LogP contribution in [0, 0.1) is 12.7 Å². The van der Waals surface area contributed by atoms with Crippen LogP contribution in [0.25, 0.3) is 11.6 Å². The van der Waals surface area contributed by atoms with Gasteiger partial charge in [-0.05, 0) is 36.3 Å². The van der Waals surface area contributed by atoms with Crippen molar-refractivity contribution in [3.63, 3.8) is 0 Å². The van der Waals surface area contributed by atoms with Gasteiger partial charge in [-0.25, -0.2) is 9.18 Å². The molecule has 2 nitrogen and oxygen atoms in total. The number of benzene rings is 2. The number of hydrogen-bond donors (Lipinski definition) is 1. The zero-order valence-electron chi connectivity index (χ0n) is 10.4. The predicted molar refractivity (Wildman–Crippen MR) is 73.1 cm³/mol. The van der Waals surface area contributed by atoms with Crippen LogP contribution in [0.3, 0.4) is 0 Å². The van der Waals surface area contributed by atoms with E-state index in [1.165, 1.54) is 24.3 Å². The summed E-state index contributed by atoms with van der Waals surface area (Å²) in [4.78, 5) is 11.3. The highest BCUT2D eigenvalue weighted by Crippen LogP contribution is 2.19. The Balaban J connectivity index is 2.43. The van der Waals surface area contributed by atoms with Gasteiger partial charge >= 0.3 is 5.97 Å². The maximum absolute atomic E-state index is 12.9. The van der Waals surface area contributed by atoms with Crippen LogP contribution in [0.1, 0.15) is 16.7 Å². The summed E-state index contributed by atoms with van der Waals surface area (Å²) in [6.45, 7) is 1.96. The Morgan fingerprint density at radius 1 is 1.05 bits per heavy atom. The van der Waals surface area contributed by atoms with Gasteiger partial charge in [-0.15, -0.1) is 0 Å². The van der Waals surface area contributed by atoms with E-state index in [1.54, 1.807) is 6.08 Å². The van der Waals surface area contributed by atoms with Gasteiger partial charge < -0.3 is 5.11 Å². The number of carbonyl (C=O) groups is 1. The van der Waals surface area contributed by atoms with E-state index < -0.39 is 5.97 Å². The van der Waals surface area contributed by atoms with Crippen LogP contribution in [0.5, 0.6) is 0 Å². The molecule has 0 amide bonds. The van der Waals surface area contributed by atoms with Crippen molar-refractivity contribution in [1.82, 2.24) is 0 Å². The topological polar surface area (TPSA) is 37.3 Å². The fourth-order valence-corrected chi connectivity index (χ4v) is 1.73. The summed E-state index contributed by atoms with van der Waals surface area (Å²) in [6, 6.07) is 12.9. The molecule has 0 aliphatic rings. The molecule has 19 heavy (non-hydrogen) atoms. The molecule has 2 aromatic carbocycles. The second kappa shape index (κ2) is 5.48. The minimum Gasteiger partial charge on any atom is -0.478 e. The fraction of sp³-hybridized carbons (Fsp3) is 0.0625. The Bertz CT molecular complexity index is 610. The third kappa shape index (κ3) is 3.28. The molecule has 0 spiro atoms. The second-order valence-electron chi connectivity index (χ2n) is 4.28. The van der Waals surface area contributed by atoms with E-state index in [4.69, 9.17) is 0 Å². The van der Waals surface area contributed by atoms with Crippen molar-refractivity contribution in [3.8, 4) is 0 Å². The third-order valence-electron chi connectivity index (χ3n) is 2.77. The van der Waals surface area contributed by atoms with Crippen LogP contribution in [-0.2, 0) is 4.79 Å². The SMILES string of the molecule is Cc1ccc(C=C(C(=O)O)c2ccc(F)cc2)cc1. The average molecular weight is 256 g/mol. The van der Waals surface area contributed by atoms with Crippen LogP contribution in [0.15, 0.2) is 48.5 Å². The highest BCUT2D eigenvalue weighted by atomic mass is 19.1. The molecule has 0 atom stereocenters. The predicted octanol–water partition coefficient (Wildman–Crippen LogP) is 3.76. The van der Waals surface area contributed by atoms with E-state index >= 15 is 0 Å². The molecule has 1 N–H and O–H groups in total. The van der Waals surface area contributed by atoms with E-state index in [-0.39, 0.29) is 11.4 Å². The molecule has 3 heteroatoms. The normalized spacial score (nSPS) is 11.4. The van der Waals surface area contributed by atoms with Gasteiger partial charge in [0.15, 0.2) is 0 Å². The first-order chi connectivity index (χ1) is 9.06. The third-order valence-corrected chi connectivity index (χ3v) is 2.77. The molecule has 96 valence electrons. The minimum absolute atomic E-state index is 0.142. The van der Waals surface area contributed by atoms with Crippen LogP contribution in [0.4, 0.5) is 4.39 Å². The molecule has 0 unspecified atom stereocenters. The van der Waals surface area contributed by atoms with Gasteiger partial charge in [0, 0.05) is 0 Å². The molecule has 0 fully saturated rings. The number of rotatable bonds is 3. The summed E-state index contributed by atoms with van der Waals surface area (Å²) >= 11 is 0. The van der Waals surface area contributed by atoms with Gasteiger partial charge in [0.1, 0.15) is 5.82 Å². The molecule has 0 aromatic heterocycles. The Kier molecular flexibility index (Phi) is 3.76. The summed E-state index contributed by atoms with van der Waals surface area (Å²) in [5, 5.41) is 9.25. The van der Waals surface area contributed by atoms with Crippen molar-refractivity contribution < 1.29 is 14.3 Å². The first kappa shape index (κ1) is 13.0. The van der Waals surface area contributed by atoms with Crippen molar-refractivity contribution >= 4 is 17.6 Å². The number of halogens is 1. The molecule has 2 aromatic rings. The Hall–Kier alpha value is -2.42. The Morgan fingerprint density at radius 3 is 2.16 bits per heavy atom. The van der Waals surface area contributed by atoms with E-state index in [1.807, 2.05) is 31.2 Å². The molecule has 2 rings (SSSR count). The van der Waals surface area contributed by atoms with E-state index in [9.17, 15) is 14.3 Å². The summed E-state index contributed by atoms with van der Waals surface area (Å²) < 4.78 is 12.9. The van der Waals surface area contributed by atoms with Gasteiger partial charge in [0.05, 0.1) is 5.57 Å². The van der Waals surface area contributed by atoms with Gasteiger partial charge in [0.25, 0.3) is 0 Å². The standard InChI is InChI=1S/C16H13FO2/c1-11-2-4-12(5-3-11)10-15(16(18)19)13-6-8-14(17)9-7-13/h2-10H,1H3,(H,18,19). The van der Waals surface area contributed by atoms with Crippen molar-refractivity contribution in [2.24, 2.45) is 0 Å². The highest BCUT2D eigenvalue weighted by Gasteiger charge is 2.10. The van der Waals surface area contributed by atoms with Gasteiger partial charge in [-0.2, -0.15) is 0 Å². The molecule has 0 aliphatic heterocycles. The Morgan fingerprint density at radius 2 is 1.63 bits per heavy atom. The maximum Gasteiger partial charge on any atom is 0.336 e. The molecule has 0 heterocycles. The number of hydrogen-bond acceptors (Lipinski definition) is 1. The van der Waals surface area contributed by atoms with Crippen molar-refractivity contribution in [2.75, 3.05) is 0 Å². The molecule has 0 saturated carbocycles. The van der Waals surface area contributed by atoms with Crippen LogP contribution in [0.2, 0.25) is 0 Å². The minimum atomic E-state index is -1.04. The number of aliphatic carboxylic acids is 1. The first-order valence-corrected chi connectivity index (χ1v) is 5.84. The van der Waals surface area contributed by atoms with Crippen LogP contribution < -0.4 is 0 Å². The van der Waals surface area contributed by atoms with Gasteiger partial charge in [0.2, 0.25) is 0 Å². The van der Waals surface area contributed by atoms with Crippen LogP contribution in [-0.4, -0.2) is 11.1 Å². The van der Waals surface area contributed by atoms with Gasteiger partial charge in [-0.1, -0.05) is 42.0 Å². The van der Waals surface area contributed by atoms with E-state index in [2.05, 4.69) is 0 Å². The van der Waals surface area contributed by atoms with Crippen molar-refractivity contribution in [1.29, 1.82) is 0 Å². The molecule has 0 aliphatic carbocycles. The average Bonchev–Trinajstić information content (AvgIpc) is 2.39. The number of carboxylic acid groups (broad SMARTS) is 1. The zero-order chi connectivity index (χ0) is 13.8. The second-order valence-corrected chi connectivity index (χ2v) is 4.28. The Labute approximate surface area is 110 Å². The smallest absolute Gasteiger partial charge is 0.336 e. The summed E-state index contributed by atoms with van der Waals surface area (Å²) in [5.74, 6) is -1.42. The quantitative estimate of drug-likeness (QED) is 0.670. The summed E-state index contributed by atoms with van der Waals surface area (Å²) in [7, 11) is 0. The van der Waals surface area contributed by atoms with Crippen molar-refractivity contribution in [3.05, 3.63) is 71.0 Å². The number of carboxylic acids is 1. The van der Waals surface area contributed by atoms with Crippen molar-refractivity contribution in [2.45, 2.75) is 6.92 Å². The maximum atomic E-state index is 12.9. The molecular formula is C16H13FO2. The number of aryl methyl sites for hydroxylation is 1. The largest absolute Gasteiger partial charge is 0.478 e. The molecular weight excluding hydrogens is 243 g/mol. The van der Waals surface area contributed by atoms with E-state index in [0.29, 0.717) is 5.56 Å². The zero-order valence-corrected chi connectivity index (χ0v) is 10.4. The molecule has 0 bridgehead atoms. The lowest BCUT2D eigenvalue weighted by molar-refractivity contribution is -0.130. The highest BCUT2D eigenvalue weighted by molar-refractivity contribution is 6.20. The van der Waals surface area contributed by atoms with Gasteiger partial charge in [-0.3, -0.25) is 0 Å². The molecule has 0 saturated heterocycles. The lowest BCUT2D eigenvalue weighted by Crippen LogP contribution is -1.99. The molecule has 0 radical (unpaired) electrons. The first-order valence-electron chi connectivity index (χ1n) is 5.84. The van der Waals surface area contributed by atoms with E-state index in [0.717, 1.165) is 11.1 Å². The monoisotopic (exact) mass is 256 g/mol.